The van der Waals surface area contributed by atoms with Crippen LogP contribution in [-0.2, 0) is 0 Å². The summed E-state index contributed by atoms with van der Waals surface area (Å²) in [6.45, 7) is 6.71. The van der Waals surface area contributed by atoms with E-state index in [2.05, 4.69) is 29.3 Å². The van der Waals surface area contributed by atoms with Crippen molar-refractivity contribution in [2.75, 3.05) is 26.7 Å². The molecule has 0 radical (unpaired) electrons. The third-order valence-electron chi connectivity index (χ3n) is 5.33. The quantitative estimate of drug-likeness (QED) is 0.904. The number of carbonyl (C=O) groups is 1. The van der Waals surface area contributed by atoms with Gasteiger partial charge >= 0.3 is 0 Å². The smallest absolute Gasteiger partial charge is 0.259 e. The molecule has 0 bridgehead atoms. The molecule has 1 atom stereocenters. The molecule has 2 fully saturated rings. The second-order valence-electron chi connectivity index (χ2n) is 7.74. The highest BCUT2D eigenvalue weighted by molar-refractivity contribution is 6.06. The van der Waals surface area contributed by atoms with Crippen molar-refractivity contribution in [1.29, 1.82) is 0 Å². The van der Waals surface area contributed by atoms with Gasteiger partial charge in [0.1, 0.15) is 0 Å². The van der Waals surface area contributed by atoms with Crippen LogP contribution < -0.4 is 5.32 Å². The molecule has 1 unspecified atom stereocenters. The van der Waals surface area contributed by atoms with Crippen LogP contribution in [0.5, 0.6) is 0 Å². The average molecular weight is 342 g/mol. The van der Waals surface area contributed by atoms with Crippen molar-refractivity contribution in [3.63, 3.8) is 0 Å². The lowest BCUT2D eigenvalue weighted by Crippen LogP contribution is -2.30. The van der Waals surface area contributed by atoms with E-state index < -0.39 is 0 Å². The molecule has 1 saturated heterocycles. The number of fused-ring (bicyclic) bond motifs is 1. The van der Waals surface area contributed by atoms with Crippen LogP contribution in [-0.4, -0.2) is 47.6 Å². The third kappa shape index (κ3) is 3.03. The van der Waals surface area contributed by atoms with Gasteiger partial charge < -0.3 is 14.7 Å². The summed E-state index contributed by atoms with van der Waals surface area (Å²) < 4.78 is 5.50. The zero-order chi connectivity index (χ0) is 17.6. The SMILES string of the molecule is CNCC1CCN(C(=O)c2cc(C3CC3)nc3onc(C(C)C)c23)C1. The molecule has 1 amide bonds. The summed E-state index contributed by atoms with van der Waals surface area (Å²) in [6, 6.07) is 2.00. The van der Waals surface area contributed by atoms with Crippen LogP contribution in [0.25, 0.3) is 11.1 Å². The van der Waals surface area contributed by atoms with Gasteiger partial charge in [0, 0.05) is 24.7 Å². The monoisotopic (exact) mass is 342 g/mol. The number of aromatic nitrogens is 2. The summed E-state index contributed by atoms with van der Waals surface area (Å²) in [7, 11) is 1.96. The predicted molar refractivity (Wildman–Crippen MR) is 95.8 cm³/mol. The molecule has 4 rings (SSSR count). The van der Waals surface area contributed by atoms with Crippen molar-refractivity contribution < 1.29 is 9.32 Å². The molecule has 6 heteroatoms. The summed E-state index contributed by atoms with van der Waals surface area (Å²) in [5.41, 5.74) is 3.05. The Morgan fingerprint density at radius 1 is 1.40 bits per heavy atom. The fraction of sp³-hybridized carbons (Fsp3) is 0.632. The van der Waals surface area contributed by atoms with E-state index in [9.17, 15) is 4.79 Å². The first-order chi connectivity index (χ1) is 12.1. The van der Waals surface area contributed by atoms with Gasteiger partial charge in [0.05, 0.1) is 16.6 Å². The Balaban J connectivity index is 1.73. The minimum Gasteiger partial charge on any atom is -0.338 e. The number of rotatable bonds is 5. The summed E-state index contributed by atoms with van der Waals surface area (Å²) in [5, 5.41) is 8.24. The molecule has 3 heterocycles. The van der Waals surface area contributed by atoms with Gasteiger partial charge in [-0.25, -0.2) is 4.98 Å². The van der Waals surface area contributed by atoms with Gasteiger partial charge in [-0.3, -0.25) is 4.79 Å². The lowest BCUT2D eigenvalue weighted by atomic mass is 10.0. The van der Waals surface area contributed by atoms with Crippen LogP contribution >= 0.6 is 0 Å². The Bertz CT molecular complexity index is 794. The van der Waals surface area contributed by atoms with Crippen LogP contribution in [0.1, 0.15) is 66.7 Å². The lowest BCUT2D eigenvalue weighted by Gasteiger charge is -2.18. The summed E-state index contributed by atoms with van der Waals surface area (Å²) in [5.74, 6) is 1.29. The third-order valence-corrected chi connectivity index (χ3v) is 5.33. The lowest BCUT2D eigenvalue weighted by molar-refractivity contribution is 0.0789. The topological polar surface area (TPSA) is 71.3 Å². The molecular weight excluding hydrogens is 316 g/mol. The van der Waals surface area contributed by atoms with Gasteiger partial charge in [-0.2, -0.15) is 0 Å². The first-order valence-electron chi connectivity index (χ1n) is 9.32. The van der Waals surface area contributed by atoms with Crippen LogP contribution in [0.15, 0.2) is 10.6 Å². The molecule has 2 aromatic heterocycles. The minimum absolute atomic E-state index is 0.0954. The second-order valence-corrected chi connectivity index (χ2v) is 7.74. The maximum Gasteiger partial charge on any atom is 0.259 e. The van der Waals surface area contributed by atoms with E-state index in [0.717, 1.165) is 61.2 Å². The Hall–Kier alpha value is -1.95. The fourth-order valence-electron chi connectivity index (χ4n) is 3.79. The van der Waals surface area contributed by atoms with Crippen molar-refractivity contribution in [3.8, 4) is 0 Å². The molecule has 1 aliphatic heterocycles. The molecule has 134 valence electrons. The molecule has 2 aromatic rings. The first kappa shape index (κ1) is 16.5. The number of pyridine rings is 1. The Kier molecular flexibility index (Phi) is 4.23. The van der Waals surface area contributed by atoms with Crippen molar-refractivity contribution in [2.45, 2.75) is 44.9 Å². The van der Waals surface area contributed by atoms with Crippen LogP contribution in [0.2, 0.25) is 0 Å². The minimum atomic E-state index is 0.0954. The highest BCUT2D eigenvalue weighted by Gasteiger charge is 2.32. The molecule has 2 aliphatic rings. The maximum absolute atomic E-state index is 13.3. The molecular formula is C19H26N4O2. The second kappa shape index (κ2) is 6.41. The van der Waals surface area contributed by atoms with Crippen LogP contribution in [0, 0.1) is 5.92 Å². The number of nitrogens with one attached hydrogen (secondary N) is 1. The van der Waals surface area contributed by atoms with Gasteiger partial charge in [0.2, 0.25) is 0 Å². The van der Waals surface area contributed by atoms with Crippen molar-refractivity contribution in [2.24, 2.45) is 5.92 Å². The number of hydrogen-bond donors (Lipinski definition) is 1. The van der Waals surface area contributed by atoms with Gasteiger partial charge in [-0.1, -0.05) is 19.0 Å². The number of hydrogen-bond acceptors (Lipinski definition) is 5. The Morgan fingerprint density at radius 2 is 2.20 bits per heavy atom. The average Bonchev–Trinajstić information content (AvgIpc) is 3.18. The standard InChI is InChI=1S/C19H26N4O2/c1-11(2)17-16-14(19(24)23-7-6-12(10-23)9-20-3)8-15(13-4-5-13)21-18(16)25-22-17/h8,11-13,20H,4-7,9-10H2,1-3H3. The highest BCUT2D eigenvalue weighted by Crippen LogP contribution is 2.41. The fourth-order valence-corrected chi connectivity index (χ4v) is 3.79. The van der Waals surface area contributed by atoms with Gasteiger partial charge in [-0.05, 0) is 50.8 Å². The van der Waals surface area contributed by atoms with Gasteiger partial charge in [-0.15, -0.1) is 0 Å². The van der Waals surface area contributed by atoms with E-state index in [1.807, 2.05) is 18.0 Å². The summed E-state index contributed by atoms with van der Waals surface area (Å²) in [6.07, 6.45) is 3.34. The van der Waals surface area contributed by atoms with E-state index in [-0.39, 0.29) is 11.8 Å². The van der Waals surface area contributed by atoms with Crippen LogP contribution in [0.3, 0.4) is 0 Å². The Morgan fingerprint density at radius 3 is 2.88 bits per heavy atom. The maximum atomic E-state index is 13.3. The number of amides is 1. The molecule has 0 spiro atoms. The molecule has 1 N–H and O–H groups in total. The van der Waals surface area contributed by atoms with E-state index in [4.69, 9.17) is 4.52 Å². The highest BCUT2D eigenvalue weighted by atomic mass is 16.5. The van der Waals surface area contributed by atoms with Gasteiger partial charge in [0.25, 0.3) is 11.6 Å². The van der Waals surface area contributed by atoms with Crippen molar-refractivity contribution in [1.82, 2.24) is 20.4 Å². The summed E-state index contributed by atoms with van der Waals surface area (Å²) in [4.78, 5) is 19.9. The van der Waals surface area contributed by atoms with Crippen LogP contribution in [0.4, 0.5) is 0 Å². The largest absolute Gasteiger partial charge is 0.338 e. The first-order valence-corrected chi connectivity index (χ1v) is 9.32. The zero-order valence-electron chi connectivity index (χ0n) is 15.2. The van der Waals surface area contributed by atoms with Crippen molar-refractivity contribution in [3.05, 3.63) is 23.0 Å². The van der Waals surface area contributed by atoms with E-state index in [0.29, 0.717) is 17.5 Å². The number of likely N-dealkylation sites (tertiary alicyclic amines) is 1. The van der Waals surface area contributed by atoms with E-state index in [1.54, 1.807) is 0 Å². The summed E-state index contributed by atoms with van der Waals surface area (Å²) >= 11 is 0. The number of carbonyl (C=O) groups excluding carboxylic acids is 1. The zero-order valence-corrected chi connectivity index (χ0v) is 15.2. The van der Waals surface area contributed by atoms with Gasteiger partial charge in [0.15, 0.2) is 0 Å². The van der Waals surface area contributed by atoms with E-state index in [1.165, 1.54) is 0 Å². The normalized spacial score (nSPS) is 20.8. The molecule has 6 nitrogen and oxygen atoms in total. The Labute approximate surface area is 148 Å². The predicted octanol–water partition coefficient (Wildman–Crippen LogP) is 2.91. The van der Waals surface area contributed by atoms with Crippen molar-refractivity contribution >= 4 is 17.0 Å². The molecule has 0 aromatic carbocycles. The molecule has 1 saturated carbocycles. The molecule has 1 aliphatic carbocycles. The van der Waals surface area contributed by atoms with E-state index >= 15 is 0 Å². The molecule has 25 heavy (non-hydrogen) atoms. The number of nitrogens with zero attached hydrogens (tertiary/aromatic N) is 3.